The molecule has 0 bridgehead atoms. The summed E-state index contributed by atoms with van der Waals surface area (Å²) in [6, 6.07) is -0.0232. The van der Waals surface area contributed by atoms with Crippen molar-refractivity contribution >= 4 is 16.8 Å². The molecule has 0 aliphatic carbocycles. The average Bonchev–Trinajstić information content (AvgIpc) is 2.04. The number of carbonyl (C=O) groups excluding carboxylic acids is 1. The SMILES string of the molecule is CNC(=O)C(CC[S+](C)C)NC. The Balaban J connectivity index is 3.75. The van der Waals surface area contributed by atoms with Crippen LogP contribution in [-0.2, 0) is 15.7 Å². The van der Waals surface area contributed by atoms with Crippen molar-refractivity contribution in [3.8, 4) is 0 Å². The monoisotopic (exact) mass is 191 g/mol. The third-order valence-corrected chi connectivity index (χ3v) is 2.78. The molecule has 0 aliphatic heterocycles. The molecule has 2 N–H and O–H groups in total. The van der Waals surface area contributed by atoms with Crippen LogP contribution in [-0.4, -0.2) is 44.3 Å². The second-order valence-corrected chi connectivity index (χ2v) is 5.31. The molecule has 0 aromatic rings. The van der Waals surface area contributed by atoms with Crippen molar-refractivity contribution in [2.45, 2.75) is 12.5 Å². The summed E-state index contributed by atoms with van der Waals surface area (Å²) in [5.74, 6) is 1.20. The second kappa shape index (κ2) is 6.31. The van der Waals surface area contributed by atoms with E-state index < -0.39 is 0 Å². The minimum Gasteiger partial charge on any atom is -0.358 e. The maximum Gasteiger partial charge on any atom is 0.237 e. The Morgan fingerprint density at radius 1 is 1.42 bits per heavy atom. The lowest BCUT2D eigenvalue weighted by atomic mass is 10.2. The van der Waals surface area contributed by atoms with Gasteiger partial charge in [-0.1, -0.05) is 0 Å². The first-order valence-corrected chi connectivity index (χ1v) is 6.26. The van der Waals surface area contributed by atoms with Gasteiger partial charge in [0.2, 0.25) is 5.91 Å². The van der Waals surface area contributed by atoms with Crippen molar-refractivity contribution in [1.82, 2.24) is 10.6 Å². The maximum atomic E-state index is 11.2. The average molecular weight is 191 g/mol. The number of rotatable bonds is 5. The molecule has 3 nitrogen and oxygen atoms in total. The van der Waals surface area contributed by atoms with E-state index in [1.165, 1.54) is 0 Å². The predicted octanol–water partition coefficient (Wildman–Crippen LogP) is -0.412. The number of hydrogen-bond donors (Lipinski definition) is 2. The Hall–Kier alpha value is -0.220. The highest BCUT2D eigenvalue weighted by Gasteiger charge is 2.16. The zero-order chi connectivity index (χ0) is 9.56. The van der Waals surface area contributed by atoms with Crippen molar-refractivity contribution in [1.29, 1.82) is 0 Å². The smallest absolute Gasteiger partial charge is 0.237 e. The standard InChI is InChI=1S/C8H18N2OS/c1-9-7(8(11)10-2)5-6-12(3)4/h7,9H,5-6H2,1-4H3/p+1. The fraction of sp³-hybridized carbons (Fsp3) is 0.875. The molecule has 72 valence electrons. The largest absolute Gasteiger partial charge is 0.358 e. The molecule has 0 saturated heterocycles. The summed E-state index contributed by atoms with van der Waals surface area (Å²) in [5.41, 5.74) is 0. The van der Waals surface area contributed by atoms with Crippen LogP contribution in [0.5, 0.6) is 0 Å². The quantitative estimate of drug-likeness (QED) is 0.580. The van der Waals surface area contributed by atoms with Gasteiger partial charge in [-0.2, -0.15) is 0 Å². The minimum absolute atomic E-state index is 0.0232. The van der Waals surface area contributed by atoms with Gasteiger partial charge in [0, 0.05) is 13.5 Å². The van der Waals surface area contributed by atoms with Crippen molar-refractivity contribution in [2.75, 3.05) is 32.4 Å². The minimum atomic E-state index is -0.0232. The summed E-state index contributed by atoms with van der Waals surface area (Å²) in [4.78, 5) is 11.2. The molecule has 0 aromatic carbocycles. The summed E-state index contributed by atoms with van der Waals surface area (Å²) in [6.45, 7) is 0. The fourth-order valence-corrected chi connectivity index (χ4v) is 1.64. The van der Waals surface area contributed by atoms with E-state index in [1.54, 1.807) is 7.05 Å². The number of carbonyl (C=O) groups is 1. The van der Waals surface area contributed by atoms with E-state index in [9.17, 15) is 4.79 Å². The molecule has 0 rings (SSSR count). The molecular formula is C8H19N2OS+. The van der Waals surface area contributed by atoms with Gasteiger partial charge < -0.3 is 10.6 Å². The zero-order valence-electron chi connectivity index (χ0n) is 8.31. The maximum absolute atomic E-state index is 11.2. The molecule has 0 heterocycles. The van der Waals surface area contributed by atoms with Crippen LogP contribution in [0.1, 0.15) is 6.42 Å². The molecule has 1 amide bonds. The highest BCUT2D eigenvalue weighted by Crippen LogP contribution is 1.96. The number of hydrogen-bond acceptors (Lipinski definition) is 2. The van der Waals surface area contributed by atoms with Gasteiger partial charge in [0.25, 0.3) is 0 Å². The van der Waals surface area contributed by atoms with E-state index in [0.717, 1.165) is 12.2 Å². The molecule has 0 saturated carbocycles. The van der Waals surface area contributed by atoms with Crippen molar-refractivity contribution in [3.63, 3.8) is 0 Å². The molecule has 1 unspecified atom stereocenters. The molecule has 4 heteroatoms. The summed E-state index contributed by atoms with van der Waals surface area (Å²) in [6.07, 6.45) is 5.30. The van der Waals surface area contributed by atoms with Crippen LogP contribution in [0.3, 0.4) is 0 Å². The van der Waals surface area contributed by atoms with E-state index >= 15 is 0 Å². The first kappa shape index (κ1) is 11.8. The Morgan fingerprint density at radius 3 is 2.33 bits per heavy atom. The molecular weight excluding hydrogens is 172 g/mol. The topological polar surface area (TPSA) is 41.1 Å². The van der Waals surface area contributed by atoms with Gasteiger partial charge in [0.05, 0.1) is 18.6 Å². The van der Waals surface area contributed by atoms with Gasteiger partial charge >= 0.3 is 0 Å². The van der Waals surface area contributed by atoms with Gasteiger partial charge in [-0.15, -0.1) is 0 Å². The number of likely N-dealkylation sites (N-methyl/N-ethyl adjacent to an activating group) is 2. The van der Waals surface area contributed by atoms with Crippen LogP contribution >= 0.6 is 0 Å². The van der Waals surface area contributed by atoms with Crippen LogP contribution in [0.15, 0.2) is 0 Å². The Morgan fingerprint density at radius 2 is 2.00 bits per heavy atom. The van der Waals surface area contributed by atoms with E-state index in [0.29, 0.717) is 10.9 Å². The van der Waals surface area contributed by atoms with Crippen LogP contribution in [0.2, 0.25) is 0 Å². The molecule has 0 aliphatic rings. The lowest BCUT2D eigenvalue weighted by molar-refractivity contribution is -0.122. The third kappa shape index (κ3) is 4.62. The van der Waals surface area contributed by atoms with Crippen molar-refractivity contribution in [3.05, 3.63) is 0 Å². The van der Waals surface area contributed by atoms with E-state index in [2.05, 4.69) is 23.1 Å². The highest BCUT2D eigenvalue weighted by molar-refractivity contribution is 7.95. The van der Waals surface area contributed by atoms with Crippen LogP contribution < -0.4 is 10.6 Å². The summed E-state index contributed by atoms with van der Waals surface area (Å²) < 4.78 is 0. The van der Waals surface area contributed by atoms with Crippen LogP contribution in [0.25, 0.3) is 0 Å². The lowest BCUT2D eigenvalue weighted by Gasteiger charge is -2.12. The fourth-order valence-electron chi connectivity index (χ4n) is 0.934. The first-order valence-electron chi connectivity index (χ1n) is 4.04. The molecule has 0 spiro atoms. The van der Waals surface area contributed by atoms with Crippen molar-refractivity contribution < 1.29 is 4.79 Å². The Kier molecular flexibility index (Phi) is 6.20. The third-order valence-electron chi connectivity index (χ3n) is 1.73. The van der Waals surface area contributed by atoms with Crippen LogP contribution in [0.4, 0.5) is 0 Å². The van der Waals surface area contributed by atoms with E-state index in [4.69, 9.17) is 0 Å². The summed E-state index contributed by atoms with van der Waals surface area (Å²) in [7, 11) is 3.92. The lowest BCUT2D eigenvalue weighted by Crippen LogP contribution is -2.42. The molecule has 1 atom stereocenters. The second-order valence-electron chi connectivity index (χ2n) is 2.93. The van der Waals surface area contributed by atoms with E-state index in [-0.39, 0.29) is 11.9 Å². The Bertz CT molecular complexity index is 139. The summed E-state index contributed by atoms with van der Waals surface area (Å²) in [5, 5.41) is 5.64. The molecule has 0 radical (unpaired) electrons. The number of amides is 1. The van der Waals surface area contributed by atoms with E-state index in [1.807, 2.05) is 7.05 Å². The number of nitrogens with one attached hydrogen (secondary N) is 2. The summed E-state index contributed by atoms with van der Waals surface area (Å²) >= 11 is 0. The Labute approximate surface area is 77.6 Å². The predicted molar refractivity (Wildman–Crippen MR) is 55.6 cm³/mol. The van der Waals surface area contributed by atoms with Gasteiger partial charge in [0.1, 0.15) is 5.75 Å². The van der Waals surface area contributed by atoms with Crippen LogP contribution in [0, 0.1) is 0 Å². The highest BCUT2D eigenvalue weighted by atomic mass is 32.2. The first-order chi connectivity index (χ1) is 5.61. The molecule has 0 fully saturated rings. The van der Waals surface area contributed by atoms with Gasteiger partial charge in [-0.05, 0) is 17.9 Å². The normalized spacial score (nSPS) is 13.1. The van der Waals surface area contributed by atoms with Gasteiger partial charge in [0.15, 0.2) is 0 Å². The molecule has 12 heavy (non-hydrogen) atoms. The van der Waals surface area contributed by atoms with Crippen molar-refractivity contribution in [2.24, 2.45) is 0 Å². The zero-order valence-corrected chi connectivity index (χ0v) is 9.12. The van der Waals surface area contributed by atoms with Gasteiger partial charge in [-0.25, -0.2) is 0 Å². The molecule has 0 aromatic heterocycles. The van der Waals surface area contributed by atoms with Gasteiger partial charge in [-0.3, -0.25) is 4.79 Å².